The van der Waals surface area contributed by atoms with E-state index in [2.05, 4.69) is 10.2 Å². The summed E-state index contributed by atoms with van der Waals surface area (Å²) in [6.45, 7) is 0. The number of hydrogen-bond donors (Lipinski definition) is 0. The van der Waals surface area contributed by atoms with E-state index in [0.29, 0.717) is 10.8 Å². The normalized spacial score (nSPS) is 11.9. The van der Waals surface area contributed by atoms with Crippen LogP contribution in [0, 0.1) is 0 Å². The third-order valence-corrected chi connectivity index (χ3v) is 4.21. The van der Waals surface area contributed by atoms with Crippen LogP contribution in [0.4, 0.5) is 0 Å². The average molecular weight is 238 g/mol. The van der Waals surface area contributed by atoms with Crippen molar-refractivity contribution in [3.8, 4) is 0 Å². The number of rotatable bonds is 3. The number of benzene rings is 1. The molecule has 0 saturated heterocycles. The summed E-state index contributed by atoms with van der Waals surface area (Å²) in [7, 11) is -0.588. The quantitative estimate of drug-likeness (QED) is 0.762. The topological polar surface area (TPSA) is 61.3 Å². The highest BCUT2D eigenvalue weighted by molar-refractivity contribution is 7.62. The van der Waals surface area contributed by atoms with Crippen molar-refractivity contribution in [2.24, 2.45) is 0 Å². The Balaban J connectivity index is 2.74. The summed E-state index contributed by atoms with van der Waals surface area (Å²) in [6.07, 6.45) is 1.41. The summed E-state index contributed by atoms with van der Waals surface area (Å²) < 4.78 is 22.1. The van der Waals surface area contributed by atoms with Gasteiger partial charge >= 0.3 is 7.60 Å². The second-order valence-corrected chi connectivity index (χ2v) is 5.32. The summed E-state index contributed by atoms with van der Waals surface area (Å²) >= 11 is 0. The maximum Gasteiger partial charge on any atom is 0.363 e. The van der Waals surface area contributed by atoms with Crippen molar-refractivity contribution >= 4 is 23.8 Å². The molecule has 6 heteroatoms. The van der Waals surface area contributed by atoms with Crippen LogP contribution in [-0.2, 0) is 13.6 Å². The van der Waals surface area contributed by atoms with Gasteiger partial charge in [-0.25, -0.2) is 0 Å². The van der Waals surface area contributed by atoms with Gasteiger partial charge in [0.05, 0.1) is 17.0 Å². The molecule has 0 radical (unpaired) electrons. The lowest BCUT2D eigenvalue weighted by Gasteiger charge is -2.14. The van der Waals surface area contributed by atoms with Gasteiger partial charge in [0.25, 0.3) is 0 Å². The van der Waals surface area contributed by atoms with Crippen LogP contribution in [0.2, 0.25) is 0 Å². The monoisotopic (exact) mass is 238 g/mol. The Bertz CT molecular complexity index is 545. The van der Waals surface area contributed by atoms with E-state index in [1.54, 1.807) is 6.07 Å². The molecule has 0 fully saturated rings. The molecule has 0 saturated carbocycles. The zero-order valence-corrected chi connectivity index (χ0v) is 9.85. The van der Waals surface area contributed by atoms with E-state index in [1.807, 2.05) is 18.2 Å². The first-order chi connectivity index (χ1) is 7.71. The summed E-state index contributed by atoms with van der Waals surface area (Å²) in [6, 6.07) is 7.28. The molecule has 0 N–H and O–H groups in total. The average Bonchev–Trinajstić information content (AvgIpc) is 2.37. The summed E-state index contributed by atoms with van der Waals surface area (Å²) in [4.78, 5) is 0. The first kappa shape index (κ1) is 11.2. The van der Waals surface area contributed by atoms with E-state index >= 15 is 0 Å². The van der Waals surface area contributed by atoms with E-state index in [0.717, 1.165) is 5.39 Å². The van der Waals surface area contributed by atoms with Crippen LogP contribution < -0.4 is 5.30 Å². The van der Waals surface area contributed by atoms with Crippen LogP contribution in [0.1, 0.15) is 0 Å². The maximum atomic E-state index is 12.3. The van der Waals surface area contributed by atoms with Crippen LogP contribution in [-0.4, -0.2) is 24.4 Å². The molecule has 2 rings (SSSR count). The fourth-order valence-corrected chi connectivity index (χ4v) is 2.70. The highest BCUT2D eigenvalue weighted by Crippen LogP contribution is 2.46. The Hall–Kier alpha value is -1.29. The zero-order chi connectivity index (χ0) is 11.6. The molecule has 0 bridgehead atoms. The van der Waals surface area contributed by atoms with Gasteiger partial charge in [-0.05, 0) is 6.07 Å². The molecule has 0 spiro atoms. The van der Waals surface area contributed by atoms with Gasteiger partial charge < -0.3 is 9.05 Å². The Labute approximate surface area is 92.9 Å². The molecule has 0 aliphatic heterocycles. The number of hydrogen-bond acceptors (Lipinski definition) is 5. The zero-order valence-electron chi connectivity index (χ0n) is 8.95. The second kappa shape index (κ2) is 4.29. The minimum absolute atomic E-state index is 0.433. The summed E-state index contributed by atoms with van der Waals surface area (Å²) in [5, 5.41) is 8.89. The van der Waals surface area contributed by atoms with Gasteiger partial charge in [-0.3, -0.25) is 4.57 Å². The van der Waals surface area contributed by atoms with E-state index in [4.69, 9.17) is 9.05 Å². The smallest absolute Gasteiger partial charge is 0.309 e. The molecular formula is C10H11N2O3P. The first-order valence-electron chi connectivity index (χ1n) is 4.64. The molecule has 2 aromatic rings. The van der Waals surface area contributed by atoms with Crippen molar-refractivity contribution in [2.45, 2.75) is 0 Å². The molecule has 84 valence electrons. The lowest BCUT2D eigenvalue weighted by molar-refractivity contribution is 0.287. The molecule has 0 aliphatic carbocycles. The van der Waals surface area contributed by atoms with E-state index in [9.17, 15) is 4.57 Å². The van der Waals surface area contributed by atoms with Crippen molar-refractivity contribution < 1.29 is 13.6 Å². The lowest BCUT2D eigenvalue weighted by Crippen LogP contribution is -2.11. The molecule has 0 unspecified atom stereocenters. The fraction of sp³-hybridized carbons (Fsp3) is 0.200. The van der Waals surface area contributed by atoms with E-state index in [1.165, 1.54) is 20.4 Å². The minimum atomic E-state index is -3.28. The molecule has 0 aliphatic rings. The van der Waals surface area contributed by atoms with Gasteiger partial charge in [0.1, 0.15) is 0 Å². The number of nitrogens with zero attached hydrogens (tertiary/aromatic N) is 2. The second-order valence-electron chi connectivity index (χ2n) is 3.11. The summed E-state index contributed by atoms with van der Waals surface area (Å²) in [5.41, 5.74) is 0.661. The number of aromatic nitrogens is 2. The lowest BCUT2D eigenvalue weighted by atomic mass is 10.2. The van der Waals surface area contributed by atoms with Crippen LogP contribution in [0.15, 0.2) is 30.5 Å². The SMILES string of the molecule is COP(=O)(OC)c1cnnc2ccccc12. The molecule has 0 atom stereocenters. The van der Waals surface area contributed by atoms with Gasteiger partial charge in [-0.2, -0.15) is 10.2 Å². The highest BCUT2D eigenvalue weighted by atomic mass is 31.2. The Morgan fingerprint density at radius 2 is 1.88 bits per heavy atom. The van der Waals surface area contributed by atoms with Crippen LogP contribution in [0.3, 0.4) is 0 Å². The van der Waals surface area contributed by atoms with Crippen LogP contribution in [0.5, 0.6) is 0 Å². The molecule has 1 heterocycles. The van der Waals surface area contributed by atoms with Crippen molar-refractivity contribution in [3.05, 3.63) is 30.5 Å². The first-order valence-corrected chi connectivity index (χ1v) is 6.18. The van der Waals surface area contributed by atoms with E-state index in [-0.39, 0.29) is 0 Å². The van der Waals surface area contributed by atoms with E-state index < -0.39 is 7.60 Å². The third-order valence-electron chi connectivity index (χ3n) is 2.30. The Morgan fingerprint density at radius 1 is 1.19 bits per heavy atom. The number of fused-ring (bicyclic) bond motifs is 1. The fourth-order valence-electron chi connectivity index (χ4n) is 1.48. The van der Waals surface area contributed by atoms with Crippen molar-refractivity contribution in [3.63, 3.8) is 0 Å². The molecule has 1 aromatic heterocycles. The Morgan fingerprint density at radius 3 is 2.56 bits per heavy atom. The molecule has 16 heavy (non-hydrogen) atoms. The van der Waals surface area contributed by atoms with Gasteiger partial charge in [0.2, 0.25) is 0 Å². The molecule has 0 amide bonds. The third kappa shape index (κ3) is 1.73. The molecule has 5 nitrogen and oxygen atoms in total. The predicted octanol–water partition coefficient (Wildman–Crippen LogP) is 1.74. The summed E-state index contributed by atoms with van der Waals surface area (Å²) in [5.74, 6) is 0. The van der Waals surface area contributed by atoms with Gasteiger partial charge in [0.15, 0.2) is 0 Å². The van der Waals surface area contributed by atoms with Crippen LogP contribution in [0.25, 0.3) is 10.9 Å². The van der Waals surface area contributed by atoms with Gasteiger partial charge in [-0.1, -0.05) is 18.2 Å². The minimum Gasteiger partial charge on any atom is -0.309 e. The maximum absolute atomic E-state index is 12.3. The van der Waals surface area contributed by atoms with Crippen molar-refractivity contribution in [2.75, 3.05) is 14.2 Å². The standard InChI is InChI=1S/C10H11N2O3P/c1-14-16(13,15-2)10-7-11-12-9-6-4-3-5-8(9)10/h3-7H,1-2H3. The molecule has 1 aromatic carbocycles. The van der Waals surface area contributed by atoms with Crippen LogP contribution >= 0.6 is 7.60 Å². The largest absolute Gasteiger partial charge is 0.363 e. The van der Waals surface area contributed by atoms with Crippen molar-refractivity contribution in [1.82, 2.24) is 10.2 Å². The highest BCUT2D eigenvalue weighted by Gasteiger charge is 2.27. The van der Waals surface area contributed by atoms with Gasteiger partial charge in [0, 0.05) is 19.6 Å². The van der Waals surface area contributed by atoms with Gasteiger partial charge in [-0.15, -0.1) is 0 Å². The Kier molecular flexibility index (Phi) is 3.01. The predicted molar refractivity (Wildman–Crippen MR) is 60.8 cm³/mol. The molecular weight excluding hydrogens is 227 g/mol. The van der Waals surface area contributed by atoms with Crippen molar-refractivity contribution in [1.29, 1.82) is 0 Å².